The van der Waals surface area contributed by atoms with Crippen molar-refractivity contribution in [1.29, 1.82) is 0 Å². The SMILES string of the molecule is Cc1ccc(-c2noc([C@@H](C)N3CCN(c4cc(C)nc(C(C)C)n4)CC3)n2)cc1. The van der Waals surface area contributed by atoms with Crippen molar-refractivity contribution in [1.82, 2.24) is 25.0 Å². The lowest BCUT2D eigenvalue weighted by Gasteiger charge is -2.37. The summed E-state index contributed by atoms with van der Waals surface area (Å²) in [5.41, 5.74) is 3.22. The van der Waals surface area contributed by atoms with E-state index in [1.54, 1.807) is 0 Å². The van der Waals surface area contributed by atoms with Crippen LogP contribution in [0.1, 0.15) is 55.7 Å². The van der Waals surface area contributed by atoms with Gasteiger partial charge in [0.15, 0.2) is 0 Å². The fourth-order valence-corrected chi connectivity index (χ4v) is 3.71. The highest BCUT2D eigenvalue weighted by Crippen LogP contribution is 2.25. The van der Waals surface area contributed by atoms with Crippen molar-refractivity contribution in [2.75, 3.05) is 31.1 Å². The molecule has 1 aliphatic rings. The Balaban J connectivity index is 1.41. The van der Waals surface area contributed by atoms with Crippen LogP contribution in [0.25, 0.3) is 11.4 Å². The predicted molar refractivity (Wildman–Crippen MR) is 118 cm³/mol. The number of benzene rings is 1. The Morgan fingerprint density at radius 3 is 2.27 bits per heavy atom. The van der Waals surface area contributed by atoms with Crippen molar-refractivity contribution in [3.63, 3.8) is 0 Å². The lowest BCUT2D eigenvalue weighted by molar-refractivity contribution is 0.164. The lowest BCUT2D eigenvalue weighted by atomic mass is 10.1. The molecule has 0 spiro atoms. The summed E-state index contributed by atoms with van der Waals surface area (Å²) in [7, 11) is 0. The summed E-state index contributed by atoms with van der Waals surface area (Å²) < 4.78 is 5.60. The Morgan fingerprint density at radius 2 is 1.60 bits per heavy atom. The maximum absolute atomic E-state index is 5.60. The number of piperazine rings is 1. The molecule has 1 aliphatic heterocycles. The Labute approximate surface area is 178 Å². The molecule has 2 aromatic heterocycles. The molecule has 4 rings (SSSR count). The Morgan fingerprint density at radius 1 is 0.900 bits per heavy atom. The van der Waals surface area contributed by atoms with Crippen molar-refractivity contribution < 1.29 is 4.52 Å². The van der Waals surface area contributed by atoms with E-state index in [0.29, 0.717) is 17.6 Å². The predicted octanol–water partition coefficient (Wildman–Crippen LogP) is 4.15. The van der Waals surface area contributed by atoms with Crippen LogP contribution in [0.4, 0.5) is 5.82 Å². The number of aromatic nitrogens is 4. The number of hydrogen-bond donors (Lipinski definition) is 0. The van der Waals surface area contributed by atoms with Gasteiger partial charge in [-0.3, -0.25) is 4.90 Å². The number of nitrogens with zero attached hydrogens (tertiary/aromatic N) is 6. The second kappa shape index (κ2) is 8.52. The average Bonchev–Trinajstić information content (AvgIpc) is 3.23. The molecular formula is C23H30N6O. The molecule has 1 atom stereocenters. The van der Waals surface area contributed by atoms with Crippen molar-refractivity contribution >= 4 is 5.82 Å². The minimum atomic E-state index is 0.0807. The minimum Gasteiger partial charge on any atom is -0.354 e. The number of aryl methyl sites for hydroxylation is 2. The van der Waals surface area contributed by atoms with Crippen LogP contribution in [0.3, 0.4) is 0 Å². The van der Waals surface area contributed by atoms with Gasteiger partial charge in [-0.1, -0.05) is 48.8 Å². The summed E-state index contributed by atoms with van der Waals surface area (Å²) in [5, 5.41) is 4.19. The lowest BCUT2D eigenvalue weighted by Crippen LogP contribution is -2.47. The standard InChI is InChI=1S/C23H30N6O/c1-15(2)21-24-17(4)14-20(25-21)29-12-10-28(11-13-29)18(5)23-26-22(27-30-23)19-8-6-16(3)7-9-19/h6-9,14-15,18H,10-13H2,1-5H3/t18-/m1/s1. The van der Waals surface area contributed by atoms with Gasteiger partial charge in [0.05, 0.1) is 6.04 Å². The molecule has 0 amide bonds. The van der Waals surface area contributed by atoms with Crippen LogP contribution in [0.5, 0.6) is 0 Å². The van der Waals surface area contributed by atoms with E-state index in [1.807, 2.05) is 19.1 Å². The Hall–Kier alpha value is -2.80. The maximum Gasteiger partial charge on any atom is 0.244 e. The van der Waals surface area contributed by atoms with Gasteiger partial charge in [0.1, 0.15) is 11.6 Å². The van der Waals surface area contributed by atoms with Gasteiger partial charge in [0.2, 0.25) is 11.7 Å². The molecule has 3 aromatic rings. The molecule has 30 heavy (non-hydrogen) atoms. The summed E-state index contributed by atoms with van der Waals surface area (Å²) in [4.78, 5) is 18.7. The second-order valence-electron chi connectivity index (χ2n) is 8.40. The first-order valence-electron chi connectivity index (χ1n) is 10.7. The van der Waals surface area contributed by atoms with Gasteiger partial charge in [0.25, 0.3) is 0 Å². The summed E-state index contributed by atoms with van der Waals surface area (Å²) >= 11 is 0. The second-order valence-corrected chi connectivity index (χ2v) is 8.40. The van der Waals surface area contributed by atoms with E-state index in [-0.39, 0.29) is 6.04 Å². The van der Waals surface area contributed by atoms with Crippen molar-refractivity contribution in [2.24, 2.45) is 0 Å². The molecule has 3 heterocycles. The smallest absolute Gasteiger partial charge is 0.244 e. The van der Waals surface area contributed by atoms with Gasteiger partial charge < -0.3 is 9.42 Å². The third kappa shape index (κ3) is 4.36. The first-order chi connectivity index (χ1) is 14.4. The fraction of sp³-hybridized carbons (Fsp3) is 0.478. The summed E-state index contributed by atoms with van der Waals surface area (Å²) in [6.07, 6.45) is 0. The highest BCUT2D eigenvalue weighted by Gasteiger charge is 2.27. The molecule has 0 radical (unpaired) electrons. The van der Waals surface area contributed by atoms with E-state index in [1.165, 1.54) is 5.56 Å². The van der Waals surface area contributed by atoms with Crippen LogP contribution >= 0.6 is 0 Å². The molecule has 0 unspecified atom stereocenters. The summed E-state index contributed by atoms with van der Waals surface area (Å²) in [6.45, 7) is 14.2. The number of anilines is 1. The average molecular weight is 407 g/mol. The summed E-state index contributed by atoms with van der Waals surface area (Å²) in [6, 6.07) is 10.3. The normalized spacial score (nSPS) is 16.3. The van der Waals surface area contributed by atoms with Gasteiger partial charge >= 0.3 is 0 Å². The zero-order valence-electron chi connectivity index (χ0n) is 18.5. The van der Waals surface area contributed by atoms with E-state index < -0.39 is 0 Å². The highest BCUT2D eigenvalue weighted by molar-refractivity contribution is 5.54. The number of rotatable bonds is 5. The van der Waals surface area contributed by atoms with Crippen molar-refractivity contribution in [3.8, 4) is 11.4 Å². The van der Waals surface area contributed by atoms with Crippen LogP contribution in [0.2, 0.25) is 0 Å². The molecule has 0 bridgehead atoms. The fourth-order valence-electron chi connectivity index (χ4n) is 3.71. The quantitative estimate of drug-likeness (QED) is 0.630. The molecule has 7 heteroatoms. The van der Waals surface area contributed by atoms with Crippen molar-refractivity contribution in [2.45, 2.75) is 46.6 Å². The van der Waals surface area contributed by atoms with Crippen LogP contribution in [-0.2, 0) is 0 Å². The van der Waals surface area contributed by atoms with E-state index in [2.05, 4.69) is 70.8 Å². The first kappa shape index (κ1) is 20.5. The van der Waals surface area contributed by atoms with E-state index >= 15 is 0 Å². The zero-order chi connectivity index (χ0) is 21.3. The molecular weight excluding hydrogens is 376 g/mol. The summed E-state index contributed by atoms with van der Waals surface area (Å²) in [5.74, 6) is 3.57. The molecule has 0 N–H and O–H groups in total. The largest absolute Gasteiger partial charge is 0.354 e. The van der Waals surface area contributed by atoms with E-state index in [4.69, 9.17) is 9.51 Å². The highest BCUT2D eigenvalue weighted by atomic mass is 16.5. The third-order valence-corrected chi connectivity index (χ3v) is 5.67. The Bertz CT molecular complexity index is 989. The number of hydrogen-bond acceptors (Lipinski definition) is 7. The van der Waals surface area contributed by atoms with Crippen molar-refractivity contribution in [3.05, 3.63) is 53.3 Å². The maximum atomic E-state index is 5.60. The molecule has 158 valence electrons. The first-order valence-corrected chi connectivity index (χ1v) is 10.7. The zero-order valence-corrected chi connectivity index (χ0v) is 18.5. The molecule has 1 aromatic carbocycles. The minimum absolute atomic E-state index is 0.0807. The van der Waals surface area contributed by atoms with Gasteiger partial charge in [-0.05, 0) is 20.8 Å². The van der Waals surface area contributed by atoms with Gasteiger partial charge in [-0.25, -0.2) is 9.97 Å². The molecule has 1 saturated heterocycles. The van der Waals surface area contributed by atoms with Crippen LogP contribution in [0.15, 0.2) is 34.9 Å². The van der Waals surface area contributed by atoms with Crippen LogP contribution in [-0.4, -0.2) is 51.2 Å². The molecule has 0 saturated carbocycles. The Kier molecular flexibility index (Phi) is 5.81. The molecule has 0 aliphatic carbocycles. The van der Waals surface area contributed by atoms with Gasteiger partial charge in [-0.2, -0.15) is 4.98 Å². The van der Waals surface area contributed by atoms with E-state index in [0.717, 1.165) is 49.1 Å². The topological polar surface area (TPSA) is 71.2 Å². The van der Waals surface area contributed by atoms with Crippen LogP contribution < -0.4 is 4.90 Å². The molecule has 7 nitrogen and oxygen atoms in total. The van der Waals surface area contributed by atoms with Gasteiger partial charge in [0, 0.05) is 49.4 Å². The third-order valence-electron chi connectivity index (χ3n) is 5.67. The van der Waals surface area contributed by atoms with E-state index in [9.17, 15) is 0 Å². The molecule has 1 fully saturated rings. The monoisotopic (exact) mass is 406 g/mol. The van der Waals surface area contributed by atoms with Crippen LogP contribution in [0, 0.1) is 13.8 Å². The van der Waals surface area contributed by atoms with Gasteiger partial charge in [-0.15, -0.1) is 0 Å².